The molecular formula is C16H21NO3S. The molecule has 1 heterocycles. The van der Waals surface area contributed by atoms with Gasteiger partial charge in [0.15, 0.2) is 9.84 Å². The van der Waals surface area contributed by atoms with E-state index in [4.69, 9.17) is 0 Å². The topological polar surface area (TPSA) is 54.5 Å². The third-order valence-electron chi connectivity index (χ3n) is 4.58. The summed E-state index contributed by atoms with van der Waals surface area (Å²) in [4.78, 5) is 14.7. The van der Waals surface area contributed by atoms with Gasteiger partial charge in [-0.25, -0.2) is 8.42 Å². The van der Waals surface area contributed by atoms with Crippen LogP contribution in [0.15, 0.2) is 30.3 Å². The number of carbonyl (C=O) groups excluding carboxylic acids is 1. The van der Waals surface area contributed by atoms with Gasteiger partial charge in [-0.2, -0.15) is 0 Å². The Balaban J connectivity index is 1.87. The van der Waals surface area contributed by atoms with Crippen LogP contribution in [0.25, 0.3) is 0 Å². The summed E-state index contributed by atoms with van der Waals surface area (Å²) in [6.07, 6.45) is 4.83. The van der Waals surface area contributed by atoms with E-state index >= 15 is 0 Å². The zero-order valence-electron chi connectivity index (χ0n) is 12.1. The molecule has 1 aromatic carbocycles. The van der Waals surface area contributed by atoms with E-state index < -0.39 is 9.84 Å². The minimum atomic E-state index is -2.98. The summed E-state index contributed by atoms with van der Waals surface area (Å²) >= 11 is 0. The molecule has 1 aromatic rings. The van der Waals surface area contributed by atoms with Gasteiger partial charge >= 0.3 is 0 Å². The van der Waals surface area contributed by atoms with E-state index in [0.717, 1.165) is 25.7 Å². The molecule has 1 saturated heterocycles. The number of hydrogen-bond donors (Lipinski definition) is 0. The lowest BCUT2D eigenvalue weighted by molar-refractivity contribution is 0.0601. The molecule has 3 rings (SSSR count). The maximum absolute atomic E-state index is 12.9. The first-order valence-corrected chi connectivity index (χ1v) is 9.47. The molecule has 1 aliphatic carbocycles. The molecule has 1 unspecified atom stereocenters. The molecule has 21 heavy (non-hydrogen) atoms. The zero-order valence-corrected chi connectivity index (χ0v) is 12.9. The highest BCUT2D eigenvalue weighted by Gasteiger charge is 2.39. The smallest absolute Gasteiger partial charge is 0.254 e. The highest BCUT2D eigenvalue weighted by molar-refractivity contribution is 7.91. The monoisotopic (exact) mass is 307 g/mol. The molecular weight excluding hydrogens is 286 g/mol. The first-order valence-electron chi connectivity index (χ1n) is 7.65. The quantitative estimate of drug-likeness (QED) is 0.860. The van der Waals surface area contributed by atoms with Crippen molar-refractivity contribution in [2.75, 3.05) is 11.5 Å². The summed E-state index contributed by atoms with van der Waals surface area (Å²) in [5, 5.41) is 0. The van der Waals surface area contributed by atoms with E-state index in [-0.39, 0.29) is 29.5 Å². The average Bonchev–Trinajstić information content (AvgIpc) is 3.10. The minimum absolute atomic E-state index is 0.00963. The van der Waals surface area contributed by atoms with Gasteiger partial charge in [0.1, 0.15) is 0 Å². The van der Waals surface area contributed by atoms with Gasteiger partial charge in [-0.1, -0.05) is 31.0 Å². The SMILES string of the molecule is O=C(c1ccccc1)N(C1CCCC1)C1CCS(=O)(=O)C1. The molecule has 2 aliphatic rings. The Kier molecular flexibility index (Phi) is 4.02. The second kappa shape index (κ2) is 5.79. The summed E-state index contributed by atoms with van der Waals surface area (Å²) in [6, 6.07) is 9.27. The average molecular weight is 307 g/mol. The Morgan fingerprint density at radius 1 is 1.00 bits per heavy atom. The van der Waals surface area contributed by atoms with E-state index in [1.165, 1.54) is 0 Å². The van der Waals surface area contributed by atoms with Crippen LogP contribution in [0, 0.1) is 0 Å². The van der Waals surface area contributed by atoms with E-state index in [1.54, 1.807) is 0 Å². The van der Waals surface area contributed by atoms with Crippen molar-refractivity contribution in [2.45, 2.75) is 44.2 Å². The van der Waals surface area contributed by atoms with Crippen LogP contribution in [0.5, 0.6) is 0 Å². The number of rotatable bonds is 3. The summed E-state index contributed by atoms with van der Waals surface area (Å²) in [5.41, 5.74) is 0.661. The molecule has 0 radical (unpaired) electrons. The van der Waals surface area contributed by atoms with Crippen molar-refractivity contribution < 1.29 is 13.2 Å². The van der Waals surface area contributed by atoms with Crippen molar-refractivity contribution in [3.05, 3.63) is 35.9 Å². The molecule has 1 amide bonds. The van der Waals surface area contributed by atoms with Gasteiger partial charge in [0, 0.05) is 17.6 Å². The Morgan fingerprint density at radius 2 is 1.67 bits per heavy atom. The lowest BCUT2D eigenvalue weighted by Crippen LogP contribution is -2.46. The Morgan fingerprint density at radius 3 is 2.24 bits per heavy atom. The van der Waals surface area contributed by atoms with Gasteiger partial charge in [-0.05, 0) is 31.4 Å². The van der Waals surface area contributed by atoms with Crippen molar-refractivity contribution >= 4 is 15.7 Å². The predicted octanol–water partition coefficient (Wildman–Crippen LogP) is 2.26. The number of hydrogen-bond acceptors (Lipinski definition) is 3. The normalized spacial score (nSPS) is 25.0. The first kappa shape index (κ1) is 14.6. The van der Waals surface area contributed by atoms with Crippen LogP contribution in [0.2, 0.25) is 0 Å². The van der Waals surface area contributed by atoms with Crippen LogP contribution < -0.4 is 0 Å². The molecule has 4 nitrogen and oxygen atoms in total. The second-order valence-electron chi connectivity index (χ2n) is 6.07. The lowest BCUT2D eigenvalue weighted by Gasteiger charge is -2.34. The summed E-state index contributed by atoms with van der Waals surface area (Å²) in [6.45, 7) is 0. The van der Waals surface area contributed by atoms with Crippen LogP contribution in [-0.4, -0.2) is 42.8 Å². The van der Waals surface area contributed by atoms with Gasteiger partial charge in [-0.15, -0.1) is 0 Å². The van der Waals surface area contributed by atoms with Crippen molar-refractivity contribution in [2.24, 2.45) is 0 Å². The lowest BCUT2D eigenvalue weighted by atomic mass is 10.1. The number of sulfone groups is 1. The highest BCUT2D eigenvalue weighted by atomic mass is 32.2. The van der Waals surface area contributed by atoms with E-state index in [0.29, 0.717) is 12.0 Å². The number of benzene rings is 1. The fraction of sp³-hybridized carbons (Fsp3) is 0.562. The number of carbonyl (C=O) groups is 1. The predicted molar refractivity (Wildman–Crippen MR) is 81.9 cm³/mol. The van der Waals surface area contributed by atoms with Crippen molar-refractivity contribution in [1.29, 1.82) is 0 Å². The minimum Gasteiger partial charge on any atom is -0.332 e. The Bertz CT molecular complexity index is 606. The number of nitrogens with zero attached hydrogens (tertiary/aromatic N) is 1. The molecule has 1 aliphatic heterocycles. The zero-order chi connectivity index (χ0) is 14.9. The summed E-state index contributed by atoms with van der Waals surface area (Å²) < 4.78 is 23.6. The standard InChI is InChI=1S/C16H21NO3S/c18-16(13-6-2-1-3-7-13)17(14-8-4-5-9-14)15-10-11-21(19,20)12-15/h1-3,6-7,14-15H,4-5,8-12H2. The second-order valence-corrected chi connectivity index (χ2v) is 8.30. The van der Waals surface area contributed by atoms with E-state index in [9.17, 15) is 13.2 Å². The highest BCUT2D eigenvalue weighted by Crippen LogP contribution is 2.30. The molecule has 1 saturated carbocycles. The summed E-state index contributed by atoms with van der Waals surface area (Å²) in [5.74, 6) is 0.329. The molecule has 0 spiro atoms. The maximum atomic E-state index is 12.9. The third-order valence-corrected chi connectivity index (χ3v) is 6.33. The van der Waals surface area contributed by atoms with E-state index in [1.807, 2.05) is 35.2 Å². The Hall–Kier alpha value is -1.36. The molecule has 0 aromatic heterocycles. The molecule has 2 fully saturated rings. The third kappa shape index (κ3) is 3.12. The largest absolute Gasteiger partial charge is 0.332 e. The van der Waals surface area contributed by atoms with Crippen LogP contribution in [-0.2, 0) is 9.84 Å². The van der Waals surface area contributed by atoms with Crippen LogP contribution in [0.4, 0.5) is 0 Å². The van der Waals surface area contributed by atoms with Crippen molar-refractivity contribution in [1.82, 2.24) is 4.90 Å². The van der Waals surface area contributed by atoms with Gasteiger partial charge in [0.25, 0.3) is 5.91 Å². The maximum Gasteiger partial charge on any atom is 0.254 e. The van der Waals surface area contributed by atoms with E-state index in [2.05, 4.69) is 0 Å². The Labute approximate surface area is 126 Å². The van der Waals surface area contributed by atoms with Gasteiger partial charge in [-0.3, -0.25) is 4.79 Å². The van der Waals surface area contributed by atoms with Gasteiger partial charge in [0.2, 0.25) is 0 Å². The molecule has 114 valence electrons. The number of amides is 1. The molecule has 1 atom stereocenters. The van der Waals surface area contributed by atoms with Crippen LogP contribution in [0.1, 0.15) is 42.5 Å². The van der Waals surface area contributed by atoms with Crippen LogP contribution in [0.3, 0.4) is 0 Å². The van der Waals surface area contributed by atoms with Crippen LogP contribution >= 0.6 is 0 Å². The van der Waals surface area contributed by atoms with Crippen molar-refractivity contribution in [3.8, 4) is 0 Å². The van der Waals surface area contributed by atoms with Gasteiger partial charge < -0.3 is 4.90 Å². The fourth-order valence-corrected chi connectivity index (χ4v) is 5.25. The fourth-order valence-electron chi connectivity index (χ4n) is 3.54. The molecule has 0 bridgehead atoms. The molecule has 5 heteroatoms. The van der Waals surface area contributed by atoms with Gasteiger partial charge in [0.05, 0.1) is 11.5 Å². The first-order chi connectivity index (χ1) is 10.1. The van der Waals surface area contributed by atoms with Crippen molar-refractivity contribution in [3.63, 3.8) is 0 Å². The molecule has 0 N–H and O–H groups in total. The summed E-state index contributed by atoms with van der Waals surface area (Å²) in [7, 11) is -2.98.